The fourth-order valence-electron chi connectivity index (χ4n) is 0.907. The molecule has 0 spiro atoms. The largest absolute Gasteiger partial charge is 0.160 e. The van der Waals surface area contributed by atoms with E-state index >= 15 is 0 Å². The van der Waals surface area contributed by atoms with E-state index in [1.54, 1.807) is 0 Å². The third-order valence-corrected chi connectivity index (χ3v) is 1.72. The molecule has 1 aromatic heterocycles. The van der Waals surface area contributed by atoms with Gasteiger partial charge in [-0.2, -0.15) is 0 Å². The summed E-state index contributed by atoms with van der Waals surface area (Å²) in [5.41, 5.74) is 0.799. The molecule has 0 bridgehead atoms. The fourth-order valence-corrected chi connectivity index (χ4v) is 1.12. The maximum atomic E-state index is 4.94. The summed E-state index contributed by atoms with van der Waals surface area (Å²) < 4.78 is 0. The fraction of sp³-hybridized carbons (Fsp3) is 0. The number of benzene rings is 1. The number of nitrogens with zero attached hydrogens (tertiary/aromatic N) is 3. The van der Waals surface area contributed by atoms with E-state index in [-0.39, 0.29) is 0 Å². The Morgan fingerprint density at radius 2 is 1.91 bits per heavy atom. The summed E-state index contributed by atoms with van der Waals surface area (Å²) in [6, 6.07) is 7.55. The average molecular weight is 162 g/mol. The van der Waals surface area contributed by atoms with E-state index < -0.39 is 0 Å². The number of hydrogen-bond acceptors (Lipinski definition) is 3. The summed E-state index contributed by atoms with van der Waals surface area (Å²) in [5, 5.41) is 12.4. The molecule has 1 radical (unpaired) electrons. The number of rotatable bonds is 0. The van der Waals surface area contributed by atoms with E-state index in [4.69, 9.17) is 12.6 Å². The van der Waals surface area contributed by atoms with Crippen molar-refractivity contribution < 1.29 is 0 Å². The van der Waals surface area contributed by atoms with Crippen LogP contribution >= 0.6 is 12.6 Å². The van der Waals surface area contributed by atoms with Gasteiger partial charge in [0.15, 0.2) is 5.03 Å². The van der Waals surface area contributed by atoms with Gasteiger partial charge in [-0.05, 0) is 17.3 Å². The van der Waals surface area contributed by atoms with Crippen molar-refractivity contribution in [2.24, 2.45) is 0 Å². The van der Waals surface area contributed by atoms with Crippen LogP contribution < -0.4 is 0 Å². The molecule has 0 aliphatic carbocycles. The first-order valence-electron chi connectivity index (χ1n) is 3.13. The van der Waals surface area contributed by atoms with Gasteiger partial charge >= 0.3 is 0 Å². The lowest BCUT2D eigenvalue weighted by Crippen LogP contribution is -1.88. The molecule has 4 heteroatoms. The highest BCUT2D eigenvalue weighted by atomic mass is 32.1. The highest BCUT2D eigenvalue weighted by Gasteiger charge is 1.98. The van der Waals surface area contributed by atoms with Gasteiger partial charge in [-0.1, -0.05) is 24.8 Å². The van der Waals surface area contributed by atoms with Crippen LogP contribution in [-0.4, -0.2) is 15.4 Å². The van der Waals surface area contributed by atoms with Crippen molar-refractivity contribution in [3.63, 3.8) is 0 Å². The van der Waals surface area contributed by atoms with E-state index in [1.165, 1.54) is 0 Å². The average Bonchev–Trinajstić information content (AvgIpc) is 2.06. The van der Waals surface area contributed by atoms with Gasteiger partial charge in [0.1, 0.15) is 0 Å². The molecule has 0 saturated carbocycles. The zero-order valence-electron chi connectivity index (χ0n) is 5.56. The van der Waals surface area contributed by atoms with Gasteiger partial charge < -0.3 is 0 Å². The van der Waals surface area contributed by atoms with Crippen LogP contribution in [0.4, 0.5) is 0 Å². The Balaban J connectivity index is 2.91. The predicted molar refractivity (Wildman–Crippen MR) is 43.2 cm³/mol. The van der Waals surface area contributed by atoms with E-state index in [9.17, 15) is 0 Å². The van der Waals surface area contributed by atoms with Gasteiger partial charge in [-0.3, -0.25) is 0 Å². The minimum atomic E-state index is 0.510. The molecule has 11 heavy (non-hydrogen) atoms. The summed E-state index contributed by atoms with van der Waals surface area (Å²) >= 11 is 4.94. The topological polar surface area (TPSA) is 38.7 Å². The maximum Gasteiger partial charge on any atom is 0.160 e. The summed E-state index contributed by atoms with van der Waals surface area (Å²) in [7, 11) is 0. The first kappa shape index (κ1) is 6.42. The van der Waals surface area contributed by atoms with Crippen molar-refractivity contribution in [3.8, 4) is 0 Å². The molecular formula is C7H4N3S. The Morgan fingerprint density at radius 1 is 1.09 bits per heavy atom. The minimum Gasteiger partial charge on any atom is -0.130 e. The molecule has 2 aromatic rings. The second-order valence-electron chi connectivity index (χ2n) is 2.11. The SMILES string of the molecule is [S]c1nnnc2ccccc12. The second kappa shape index (κ2) is 2.39. The van der Waals surface area contributed by atoms with Crippen molar-refractivity contribution in [1.29, 1.82) is 0 Å². The van der Waals surface area contributed by atoms with Gasteiger partial charge in [0.25, 0.3) is 0 Å². The highest BCUT2D eigenvalue weighted by Crippen LogP contribution is 2.14. The lowest BCUT2D eigenvalue weighted by atomic mass is 10.2. The second-order valence-corrected chi connectivity index (χ2v) is 2.50. The third kappa shape index (κ3) is 1.01. The zero-order chi connectivity index (χ0) is 7.68. The molecule has 0 fully saturated rings. The summed E-state index contributed by atoms with van der Waals surface area (Å²) in [5.74, 6) is 0. The molecule has 0 aliphatic rings. The van der Waals surface area contributed by atoms with Crippen LogP contribution in [0.15, 0.2) is 29.3 Å². The molecule has 0 N–H and O–H groups in total. The Morgan fingerprint density at radius 3 is 2.73 bits per heavy atom. The van der Waals surface area contributed by atoms with Crippen molar-refractivity contribution in [3.05, 3.63) is 24.3 Å². The molecule has 1 heterocycles. The van der Waals surface area contributed by atoms with E-state index in [0.29, 0.717) is 5.03 Å². The van der Waals surface area contributed by atoms with Crippen LogP contribution in [-0.2, 0) is 0 Å². The van der Waals surface area contributed by atoms with Gasteiger partial charge in [-0.15, -0.1) is 10.2 Å². The number of fused-ring (bicyclic) bond motifs is 1. The van der Waals surface area contributed by atoms with Gasteiger partial charge in [0, 0.05) is 5.39 Å². The maximum absolute atomic E-state index is 4.94. The van der Waals surface area contributed by atoms with Crippen molar-refractivity contribution in [2.75, 3.05) is 0 Å². The lowest BCUT2D eigenvalue weighted by molar-refractivity contribution is 0.840. The molecule has 0 aliphatic heterocycles. The smallest absolute Gasteiger partial charge is 0.130 e. The van der Waals surface area contributed by atoms with Gasteiger partial charge in [-0.25, -0.2) is 0 Å². The summed E-state index contributed by atoms with van der Waals surface area (Å²) in [6.07, 6.45) is 0. The highest BCUT2D eigenvalue weighted by molar-refractivity contribution is 7.80. The lowest BCUT2D eigenvalue weighted by Gasteiger charge is -1.93. The van der Waals surface area contributed by atoms with Crippen LogP contribution in [0.1, 0.15) is 0 Å². The minimum absolute atomic E-state index is 0.510. The number of aromatic nitrogens is 3. The van der Waals surface area contributed by atoms with Crippen molar-refractivity contribution in [1.82, 2.24) is 15.4 Å². The van der Waals surface area contributed by atoms with Crippen LogP contribution in [0.5, 0.6) is 0 Å². The molecule has 0 atom stereocenters. The molecule has 1 aromatic carbocycles. The van der Waals surface area contributed by atoms with E-state index in [0.717, 1.165) is 10.9 Å². The molecule has 0 unspecified atom stereocenters. The zero-order valence-corrected chi connectivity index (χ0v) is 6.38. The molecule has 0 saturated heterocycles. The Kier molecular flexibility index (Phi) is 1.40. The monoisotopic (exact) mass is 162 g/mol. The Labute approximate surface area is 68.9 Å². The van der Waals surface area contributed by atoms with Crippen molar-refractivity contribution in [2.45, 2.75) is 5.03 Å². The van der Waals surface area contributed by atoms with Crippen LogP contribution in [0.25, 0.3) is 10.9 Å². The third-order valence-electron chi connectivity index (χ3n) is 1.42. The normalized spacial score (nSPS) is 10.2. The molecule has 53 valence electrons. The van der Waals surface area contributed by atoms with E-state index in [2.05, 4.69) is 15.4 Å². The Bertz CT molecular complexity index is 383. The molecule has 2 rings (SSSR count). The van der Waals surface area contributed by atoms with Crippen LogP contribution in [0.3, 0.4) is 0 Å². The predicted octanol–water partition coefficient (Wildman–Crippen LogP) is 1.58. The first-order chi connectivity index (χ1) is 5.38. The number of hydrogen-bond donors (Lipinski definition) is 0. The molecule has 0 amide bonds. The first-order valence-corrected chi connectivity index (χ1v) is 3.54. The molecule has 3 nitrogen and oxygen atoms in total. The summed E-state index contributed by atoms with van der Waals surface area (Å²) in [4.78, 5) is 0. The Hall–Kier alpha value is -1.29. The van der Waals surface area contributed by atoms with E-state index in [1.807, 2.05) is 24.3 Å². The standard InChI is InChI=1S/C7H4N3S/c11-7-5-3-1-2-4-6(5)8-10-9-7/h1-4H. The molecular weight excluding hydrogens is 158 g/mol. The quantitative estimate of drug-likeness (QED) is 0.590. The summed E-state index contributed by atoms with van der Waals surface area (Å²) in [6.45, 7) is 0. The van der Waals surface area contributed by atoms with Crippen molar-refractivity contribution >= 4 is 23.5 Å². The van der Waals surface area contributed by atoms with Gasteiger partial charge in [0.2, 0.25) is 0 Å². The van der Waals surface area contributed by atoms with Gasteiger partial charge in [0.05, 0.1) is 5.52 Å². The van der Waals surface area contributed by atoms with Crippen LogP contribution in [0, 0.1) is 0 Å². The van der Waals surface area contributed by atoms with Crippen LogP contribution in [0.2, 0.25) is 0 Å².